The Morgan fingerprint density at radius 2 is 1.56 bits per heavy atom. The number of hydrogen-bond donors (Lipinski definition) is 0. The highest BCUT2D eigenvalue weighted by Gasteiger charge is 2.22. The highest BCUT2D eigenvalue weighted by atomic mass is 14.9. The van der Waals surface area contributed by atoms with E-state index in [9.17, 15) is 0 Å². The van der Waals surface area contributed by atoms with Crippen LogP contribution in [0.4, 0.5) is 0 Å². The summed E-state index contributed by atoms with van der Waals surface area (Å²) in [5.41, 5.74) is 7.61. The van der Waals surface area contributed by atoms with Crippen LogP contribution in [0.15, 0.2) is 42.6 Å². The summed E-state index contributed by atoms with van der Waals surface area (Å²) in [4.78, 5) is 0. The van der Waals surface area contributed by atoms with E-state index in [4.69, 9.17) is 1.37 Å². The van der Waals surface area contributed by atoms with Crippen molar-refractivity contribution in [3.8, 4) is 11.3 Å². The Balaban J connectivity index is 2.32. The van der Waals surface area contributed by atoms with Gasteiger partial charge in [-0.1, -0.05) is 51.5 Å². The Labute approximate surface area is 166 Å². The van der Waals surface area contributed by atoms with Crippen molar-refractivity contribution in [2.45, 2.75) is 54.4 Å². The monoisotopic (exact) mass is 361 g/mol. The Morgan fingerprint density at radius 1 is 0.889 bits per heavy atom. The molecule has 0 atom stereocenters. The zero-order valence-electron chi connectivity index (χ0n) is 19.1. The zero-order chi connectivity index (χ0) is 20.7. The molecule has 142 valence electrons. The van der Waals surface area contributed by atoms with Crippen LogP contribution >= 0.6 is 0 Å². The second-order valence-electron chi connectivity index (χ2n) is 8.80. The third-order valence-corrected chi connectivity index (χ3v) is 5.97. The van der Waals surface area contributed by atoms with E-state index in [2.05, 4.69) is 78.8 Å². The fourth-order valence-corrected chi connectivity index (χ4v) is 4.69. The SMILES string of the molecule is [2H]c1cc2cc(C(C(C)C)C(C)C)ccc2c(-c2cc(C)cc(C)c2C)[n+]1C. The summed E-state index contributed by atoms with van der Waals surface area (Å²) in [6.45, 7) is 15.7. The largest absolute Gasteiger partial charge is 0.220 e. The molecule has 0 aliphatic rings. The van der Waals surface area contributed by atoms with Crippen molar-refractivity contribution in [3.63, 3.8) is 0 Å². The maximum Gasteiger partial charge on any atom is 0.220 e. The molecular weight excluding hydrogens is 326 g/mol. The molecule has 0 N–H and O–H groups in total. The fourth-order valence-electron chi connectivity index (χ4n) is 4.69. The smallest absolute Gasteiger partial charge is 0.200 e. The predicted octanol–water partition coefficient (Wildman–Crippen LogP) is 6.65. The average molecular weight is 362 g/mol. The maximum absolute atomic E-state index is 8.58. The molecule has 0 saturated heterocycles. The van der Waals surface area contributed by atoms with Gasteiger partial charge in [0.05, 0.1) is 10.9 Å². The Morgan fingerprint density at radius 3 is 2.19 bits per heavy atom. The van der Waals surface area contributed by atoms with Gasteiger partial charge in [0.2, 0.25) is 5.69 Å². The minimum absolute atomic E-state index is 0.527. The summed E-state index contributed by atoms with van der Waals surface area (Å²) in [6, 6.07) is 13.4. The van der Waals surface area contributed by atoms with Gasteiger partial charge < -0.3 is 0 Å². The molecule has 3 rings (SSSR count). The highest BCUT2D eigenvalue weighted by Crippen LogP contribution is 2.36. The second-order valence-corrected chi connectivity index (χ2v) is 8.80. The number of hydrogen-bond acceptors (Lipinski definition) is 0. The number of benzene rings is 2. The predicted molar refractivity (Wildman–Crippen MR) is 117 cm³/mol. The van der Waals surface area contributed by atoms with Crippen LogP contribution in [0.5, 0.6) is 0 Å². The lowest BCUT2D eigenvalue weighted by Crippen LogP contribution is -2.31. The molecule has 0 fully saturated rings. The van der Waals surface area contributed by atoms with Gasteiger partial charge in [0.1, 0.15) is 8.42 Å². The van der Waals surface area contributed by atoms with Gasteiger partial charge in [-0.3, -0.25) is 0 Å². The van der Waals surface area contributed by atoms with Crippen molar-refractivity contribution in [3.05, 3.63) is 64.8 Å². The molecule has 3 aromatic rings. The van der Waals surface area contributed by atoms with Gasteiger partial charge in [-0.15, -0.1) is 0 Å². The van der Waals surface area contributed by atoms with Crippen LogP contribution in [0.25, 0.3) is 22.0 Å². The van der Waals surface area contributed by atoms with Crippen molar-refractivity contribution < 1.29 is 5.94 Å². The molecule has 2 aromatic carbocycles. The first-order chi connectivity index (χ1) is 13.1. The molecule has 1 aromatic heterocycles. The molecular formula is C26H34N+. The third-order valence-electron chi connectivity index (χ3n) is 5.97. The minimum atomic E-state index is 0.527. The van der Waals surface area contributed by atoms with Crippen LogP contribution in [0.3, 0.4) is 0 Å². The van der Waals surface area contributed by atoms with Gasteiger partial charge in [0, 0.05) is 6.07 Å². The molecule has 0 aliphatic heterocycles. The van der Waals surface area contributed by atoms with E-state index in [-0.39, 0.29) is 0 Å². The summed E-state index contributed by atoms with van der Waals surface area (Å²) < 4.78 is 10.6. The van der Waals surface area contributed by atoms with E-state index in [1.807, 2.05) is 17.7 Å². The first kappa shape index (κ1) is 18.2. The van der Waals surface area contributed by atoms with Gasteiger partial charge >= 0.3 is 0 Å². The lowest BCUT2D eigenvalue weighted by Gasteiger charge is -2.25. The molecule has 0 aliphatic carbocycles. The lowest BCUT2D eigenvalue weighted by atomic mass is 9.79. The van der Waals surface area contributed by atoms with Crippen LogP contribution < -0.4 is 4.57 Å². The van der Waals surface area contributed by atoms with Crippen molar-refractivity contribution in [2.24, 2.45) is 18.9 Å². The first-order valence-electron chi connectivity index (χ1n) is 10.6. The molecule has 27 heavy (non-hydrogen) atoms. The lowest BCUT2D eigenvalue weighted by molar-refractivity contribution is -0.659. The summed E-state index contributed by atoms with van der Waals surface area (Å²) in [5.74, 6) is 1.71. The number of nitrogens with zero attached hydrogens (tertiary/aromatic N) is 1. The average Bonchev–Trinajstić information content (AvgIpc) is 2.59. The molecule has 1 heteroatoms. The van der Waals surface area contributed by atoms with E-state index < -0.39 is 0 Å². The summed E-state index contributed by atoms with van der Waals surface area (Å²) in [6.07, 6.45) is 0.545. The zero-order valence-corrected chi connectivity index (χ0v) is 18.1. The van der Waals surface area contributed by atoms with Crippen LogP contribution in [0.1, 0.15) is 57.2 Å². The number of aromatic nitrogens is 1. The van der Waals surface area contributed by atoms with Gasteiger partial charge in [0.25, 0.3) is 0 Å². The normalized spacial score (nSPS) is 12.5. The molecule has 1 heterocycles. The standard InChI is InChI=1S/C26H34N/c1-16(2)25(17(3)4)22-9-10-23-21(15-22)11-12-27(8)26(23)24-14-18(5)13-19(6)20(24)7/h9-17,25H,1-8H3/q+1/i12D. The quantitative estimate of drug-likeness (QED) is 0.458. The molecule has 0 unspecified atom stereocenters. The molecule has 0 saturated carbocycles. The molecule has 0 spiro atoms. The molecule has 0 radical (unpaired) electrons. The molecule has 0 amide bonds. The number of pyridine rings is 1. The van der Waals surface area contributed by atoms with Crippen molar-refractivity contribution in [1.29, 1.82) is 0 Å². The topological polar surface area (TPSA) is 3.88 Å². The first-order valence-corrected chi connectivity index (χ1v) is 10.1. The van der Waals surface area contributed by atoms with Crippen LogP contribution in [0, 0.1) is 32.6 Å². The Bertz CT molecular complexity index is 1020. The number of rotatable bonds is 4. The van der Waals surface area contributed by atoms with Crippen molar-refractivity contribution >= 4 is 10.8 Å². The van der Waals surface area contributed by atoms with Crippen molar-refractivity contribution in [2.75, 3.05) is 0 Å². The number of fused-ring (bicyclic) bond motifs is 1. The van der Waals surface area contributed by atoms with Crippen LogP contribution in [-0.4, -0.2) is 0 Å². The van der Waals surface area contributed by atoms with Crippen LogP contribution in [0.2, 0.25) is 0 Å². The second kappa shape index (κ2) is 7.46. The van der Waals surface area contributed by atoms with Gasteiger partial charge in [-0.05, 0) is 72.7 Å². The molecule has 0 bridgehead atoms. The Hall–Kier alpha value is -2.15. The van der Waals surface area contributed by atoms with Gasteiger partial charge in [-0.2, -0.15) is 0 Å². The van der Waals surface area contributed by atoms with E-state index in [1.54, 1.807) is 0 Å². The van der Waals surface area contributed by atoms with Crippen molar-refractivity contribution in [1.82, 2.24) is 0 Å². The molecule has 1 nitrogen and oxygen atoms in total. The summed E-state index contributed by atoms with van der Waals surface area (Å²) >= 11 is 0. The number of aryl methyl sites for hydroxylation is 2. The van der Waals surface area contributed by atoms with E-state index >= 15 is 0 Å². The van der Waals surface area contributed by atoms with E-state index in [0.717, 1.165) is 5.69 Å². The Kier molecular flexibility index (Phi) is 5.04. The van der Waals surface area contributed by atoms with E-state index in [0.29, 0.717) is 23.9 Å². The summed E-state index contributed by atoms with van der Waals surface area (Å²) in [7, 11) is 2.01. The minimum Gasteiger partial charge on any atom is -0.200 e. The van der Waals surface area contributed by atoms with Gasteiger partial charge in [-0.25, -0.2) is 4.57 Å². The fraction of sp³-hybridized carbons (Fsp3) is 0.423. The van der Waals surface area contributed by atoms with Gasteiger partial charge in [0.15, 0.2) is 6.17 Å². The van der Waals surface area contributed by atoms with E-state index in [1.165, 1.54) is 38.6 Å². The highest BCUT2D eigenvalue weighted by molar-refractivity contribution is 5.94. The third kappa shape index (κ3) is 3.65. The summed E-state index contributed by atoms with van der Waals surface area (Å²) in [5, 5.41) is 2.39. The van der Waals surface area contributed by atoms with Crippen LogP contribution in [-0.2, 0) is 7.05 Å². The maximum atomic E-state index is 8.58.